The minimum atomic E-state index is -3.79. The number of benzene rings is 2. The van der Waals surface area contributed by atoms with E-state index in [0.29, 0.717) is 15.5 Å². The van der Waals surface area contributed by atoms with Crippen LogP contribution >= 0.6 is 31.9 Å². The lowest BCUT2D eigenvalue weighted by Gasteiger charge is -2.07. The summed E-state index contributed by atoms with van der Waals surface area (Å²) in [5.41, 5.74) is 0.978. The molecule has 20 heavy (non-hydrogen) atoms. The van der Waals surface area contributed by atoms with Crippen molar-refractivity contribution in [2.45, 2.75) is 4.90 Å². The summed E-state index contributed by atoms with van der Waals surface area (Å²) in [7, 11) is -3.79. The molecule has 0 unspecified atom stereocenters. The Balaban J connectivity index is 2.26. The number of nitrogens with zero attached hydrogens (tertiary/aromatic N) is 3. The molecule has 3 aromatic rings. The molecule has 102 valence electrons. The number of fused-ring (bicyclic) bond motifs is 1. The highest BCUT2D eigenvalue weighted by Gasteiger charge is 2.23. The van der Waals surface area contributed by atoms with Gasteiger partial charge >= 0.3 is 0 Å². The fourth-order valence-corrected chi connectivity index (χ4v) is 4.74. The molecule has 0 aliphatic heterocycles. The standard InChI is InChI=1S/C12H7Br2N3O2S/c13-8-5-6-12(9(14)7-8)20(18,19)17-11-4-2-1-3-10(11)15-16-17/h1-7H. The van der Waals surface area contributed by atoms with E-state index in [1.807, 2.05) is 0 Å². The Labute approximate surface area is 131 Å². The molecule has 1 aromatic heterocycles. The van der Waals surface area contributed by atoms with Crippen LogP contribution in [-0.4, -0.2) is 22.8 Å². The lowest BCUT2D eigenvalue weighted by molar-refractivity contribution is 0.579. The summed E-state index contributed by atoms with van der Waals surface area (Å²) >= 11 is 6.55. The van der Waals surface area contributed by atoms with Gasteiger partial charge in [0, 0.05) is 8.95 Å². The molecule has 3 rings (SSSR count). The van der Waals surface area contributed by atoms with E-state index < -0.39 is 10.0 Å². The molecule has 0 aliphatic carbocycles. The van der Waals surface area contributed by atoms with Gasteiger partial charge in [0.05, 0.1) is 0 Å². The van der Waals surface area contributed by atoms with Crippen LogP contribution in [0.5, 0.6) is 0 Å². The van der Waals surface area contributed by atoms with E-state index in [1.54, 1.807) is 36.4 Å². The van der Waals surface area contributed by atoms with Crippen LogP contribution in [0, 0.1) is 0 Å². The zero-order valence-corrected chi connectivity index (χ0v) is 13.9. The molecule has 0 atom stereocenters. The summed E-state index contributed by atoms with van der Waals surface area (Å²) in [6.07, 6.45) is 0. The molecule has 0 saturated carbocycles. The third kappa shape index (κ3) is 2.17. The van der Waals surface area contributed by atoms with Crippen molar-refractivity contribution in [1.29, 1.82) is 0 Å². The van der Waals surface area contributed by atoms with E-state index in [0.717, 1.165) is 8.56 Å². The normalized spacial score (nSPS) is 11.9. The summed E-state index contributed by atoms with van der Waals surface area (Å²) in [6, 6.07) is 11.8. The van der Waals surface area contributed by atoms with Gasteiger partial charge in [-0.3, -0.25) is 0 Å². The van der Waals surface area contributed by atoms with Gasteiger partial charge in [0.25, 0.3) is 10.0 Å². The lowest BCUT2D eigenvalue weighted by Crippen LogP contribution is -2.15. The van der Waals surface area contributed by atoms with E-state index >= 15 is 0 Å². The Morgan fingerprint density at radius 2 is 1.80 bits per heavy atom. The van der Waals surface area contributed by atoms with Crippen molar-refractivity contribution < 1.29 is 8.42 Å². The van der Waals surface area contributed by atoms with Gasteiger partial charge in [0.1, 0.15) is 15.9 Å². The monoisotopic (exact) mass is 415 g/mol. The summed E-state index contributed by atoms with van der Waals surface area (Å²) < 4.78 is 27.5. The molecular weight excluding hydrogens is 410 g/mol. The maximum Gasteiger partial charge on any atom is 0.286 e. The molecule has 0 aliphatic rings. The highest BCUT2D eigenvalue weighted by Crippen LogP contribution is 2.28. The number of hydrogen-bond donors (Lipinski definition) is 0. The molecule has 0 spiro atoms. The predicted octanol–water partition coefficient (Wildman–Crippen LogP) is 3.19. The highest BCUT2D eigenvalue weighted by molar-refractivity contribution is 9.11. The van der Waals surface area contributed by atoms with Crippen molar-refractivity contribution in [3.63, 3.8) is 0 Å². The van der Waals surface area contributed by atoms with E-state index in [9.17, 15) is 8.42 Å². The van der Waals surface area contributed by atoms with Crippen LogP contribution in [0.4, 0.5) is 0 Å². The largest absolute Gasteiger partial charge is 0.286 e. The second kappa shape index (κ2) is 4.94. The van der Waals surface area contributed by atoms with Crippen molar-refractivity contribution in [2.75, 3.05) is 0 Å². The molecule has 2 aromatic carbocycles. The Morgan fingerprint density at radius 1 is 1.05 bits per heavy atom. The van der Waals surface area contributed by atoms with Gasteiger partial charge in [0.2, 0.25) is 0 Å². The Hall–Kier alpha value is -1.25. The molecule has 0 N–H and O–H groups in total. The maximum atomic E-state index is 12.7. The quantitative estimate of drug-likeness (QED) is 0.643. The first-order valence-corrected chi connectivity index (χ1v) is 8.54. The first kappa shape index (κ1) is 13.7. The number of halogens is 2. The molecule has 0 saturated heterocycles. The number of rotatable bonds is 2. The molecule has 0 radical (unpaired) electrons. The van der Waals surface area contributed by atoms with Gasteiger partial charge in [-0.05, 0) is 46.3 Å². The molecule has 8 heteroatoms. The minimum absolute atomic E-state index is 0.136. The molecule has 5 nitrogen and oxygen atoms in total. The van der Waals surface area contributed by atoms with Crippen molar-refractivity contribution in [2.24, 2.45) is 0 Å². The summed E-state index contributed by atoms with van der Waals surface area (Å²) in [5.74, 6) is 0. The first-order valence-electron chi connectivity index (χ1n) is 5.51. The maximum absolute atomic E-state index is 12.7. The van der Waals surface area contributed by atoms with Crippen LogP contribution in [-0.2, 0) is 10.0 Å². The third-order valence-electron chi connectivity index (χ3n) is 2.72. The average Bonchev–Trinajstić information content (AvgIpc) is 2.82. The third-order valence-corrected chi connectivity index (χ3v) is 5.77. The van der Waals surface area contributed by atoms with Crippen LogP contribution in [0.3, 0.4) is 0 Å². The van der Waals surface area contributed by atoms with Crippen LogP contribution in [0.15, 0.2) is 56.3 Å². The van der Waals surface area contributed by atoms with E-state index in [-0.39, 0.29) is 4.90 Å². The second-order valence-corrected chi connectivity index (χ2v) is 7.51. The van der Waals surface area contributed by atoms with Crippen LogP contribution < -0.4 is 0 Å². The van der Waals surface area contributed by atoms with Crippen LogP contribution in [0.2, 0.25) is 0 Å². The van der Waals surface area contributed by atoms with Crippen LogP contribution in [0.1, 0.15) is 0 Å². The van der Waals surface area contributed by atoms with E-state index in [4.69, 9.17) is 0 Å². The molecule has 0 fully saturated rings. The topological polar surface area (TPSA) is 64.8 Å². The van der Waals surface area contributed by atoms with Gasteiger partial charge in [0.15, 0.2) is 0 Å². The summed E-state index contributed by atoms with van der Waals surface area (Å²) in [4.78, 5) is 0.136. The van der Waals surface area contributed by atoms with Gasteiger partial charge in [-0.1, -0.05) is 33.3 Å². The highest BCUT2D eigenvalue weighted by atomic mass is 79.9. The fourth-order valence-electron chi connectivity index (χ4n) is 1.80. The molecule has 1 heterocycles. The van der Waals surface area contributed by atoms with E-state index in [1.165, 1.54) is 6.07 Å². The molecule has 0 bridgehead atoms. The van der Waals surface area contributed by atoms with Crippen molar-refractivity contribution >= 4 is 52.9 Å². The Morgan fingerprint density at radius 3 is 2.55 bits per heavy atom. The van der Waals surface area contributed by atoms with Gasteiger partial charge in [-0.25, -0.2) is 0 Å². The van der Waals surface area contributed by atoms with Crippen molar-refractivity contribution in [3.8, 4) is 0 Å². The zero-order valence-electron chi connectivity index (χ0n) is 9.86. The Kier molecular flexibility index (Phi) is 3.39. The lowest BCUT2D eigenvalue weighted by atomic mass is 10.3. The smallest absolute Gasteiger partial charge is 0.199 e. The number of para-hydroxylation sites is 1. The van der Waals surface area contributed by atoms with Gasteiger partial charge < -0.3 is 0 Å². The summed E-state index contributed by atoms with van der Waals surface area (Å²) in [5, 5.41) is 7.62. The van der Waals surface area contributed by atoms with Crippen molar-refractivity contribution in [3.05, 3.63) is 51.4 Å². The summed E-state index contributed by atoms with van der Waals surface area (Å²) in [6.45, 7) is 0. The first-order chi connectivity index (χ1) is 9.50. The van der Waals surface area contributed by atoms with Crippen molar-refractivity contribution in [1.82, 2.24) is 14.4 Å². The zero-order chi connectivity index (χ0) is 14.3. The van der Waals surface area contributed by atoms with Gasteiger partial charge in [-0.2, -0.15) is 8.42 Å². The molecular formula is C12H7Br2N3O2S. The SMILES string of the molecule is O=S(=O)(c1ccc(Br)cc1Br)n1nnc2ccccc21. The molecule has 0 amide bonds. The average molecular weight is 417 g/mol. The fraction of sp³-hybridized carbons (Fsp3) is 0. The minimum Gasteiger partial charge on any atom is -0.199 e. The number of aromatic nitrogens is 3. The number of hydrogen-bond acceptors (Lipinski definition) is 4. The van der Waals surface area contributed by atoms with Crippen LogP contribution in [0.25, 0.3) is 11.0 Å². The van der Waals surface area contributed by atoms with Gasteiger partial charge in [-0.15, -0.1) is 9.19 Å². The predicted molar refractivity (Wildman–Crippen MR) is 82.0 cm³/mol. The second-order valence-electron chi connectivity index (χ2n) is 4.00. The van der Waals surface area contributed by atoms with E-state index in [2.05, 4.69) is 42.2 Å². The Bertz CT molecular complexity index is 906.